The van der Waals surface area contributed by atoms with Gasteiger partial charge >= 0.3 is 0 Å². The first-order valence-electron chi connectivity index (χ1n) is 6.21. The van der Waals surface area contributed by atoms with E-state index >= 15 is 0 Å². The van der Waals surface area contributed by atoms with Gasteiger partial charge in [-0.2, -0.15) is 0 Å². The van der Waals surface area contributed by atoms with Crippen molar-refractivity contribution < 1.29 is 9.18 Å². The summed E-state index contributed by atoms with van der Waals surface area (Å²) in [4.78, 5) is 14.1. The highest BCUT2D eigenvalue weighted by molar-refractivity contribution is 6.30. The number of amides is 1. The van der Waals surface area contributed by atoms with Crippen molar-refractivity contribution in [2.75, 3.05) is 30.0 Å². The van der Waals surface area contributed by atoms with E-state index in [4.69, 9.17) is 17.3 Å². The Morgan fingerprint density at radius 1 is 1.24 bits per heavy atom. The van der Waals surface area contributed by atoms with E-state index in [1.165, 1.54) is 12.1 Å². The number of anilines is 3. The Morgan fingerprint density at radius 2 is 1.95 bits per heavy atom. The van der Waals surface area contributed by atoms with Crippen molar-refractivity contribution in [3.05, 3.63) is 52.8 Å². The molecule has 0 fully saturated rings. The number of halogens is 2. The van der Waals surface area contributed by atoms with E-state index in [1.807, 2.05) is 14.1 Å². The van der Waals surface area contributed by atoms with Gasteiger partial charge in [-0.3, -0.25) is 4.79 Å². The molecular formula is C15H15ClFN3O. The van der Waals surface area contributed by atoms with Gasteiger partial charge < -0.3 is 16.0 Å². The largest absolute Gasteiger partial charge is 0.399 e. The van der Waals surface area contributed by atoms with Gasteiger partial charge in [-0.15, -0.1) is 0 Å². The maximum atomic E-state index is 13.7. The van der Waals surface area contributed by atoms with Crippen LogP contribution in [-0.2, 0) is 0 Å². The molecule has 0 aliphatic heterocycles. The molecule has 2 rings (SSSR count). The van der Waals surface area contributed by atoms with E-state index in [9.17, 15) is 9.18 Å². The fourth-order valence-corrected chi connectivity index (χ4v) is 2.06. The van der Waals surface area contributed by atoms with Crippen molar-refractivity contribution in [3.63, 3.8) is 0 Å². The van der Waals surface area contributed by atoms with Crippen LogP contribution in [0.3, 0.4) is 0 Å². The molecule has 1 amide bonds. The fraction of sp³-hybridized carbons (Fsp3) is 0.133. The topological polar surface area (TPSA) is 58.4 Å². The quantitative estimate of drug-likeness (QED) is 0.855. The molecule has 4 nitrogen and oxygen atoms in total. The lowest BCUT2D eigenvalue weighted by molar-refractivity contribution is 0.102. The fourth-order valence-electron chi connectivity index (χ4n) is 1.91. The molecule has 0 unspecified atom stereocenters. The molecule has 3 N–H and O–H groups in total. The number of nitrogens with one attached hydrogen (secondary N) is 1. The van der Waals surface area contributed by atoms with Gasteiger partial charge in [0.25, 0.3) is 5.91 Å². The summed E-state index contributed by atoms with van der Waals surface area (Å²) >= 11 is 5.68. The smallest absolute Gasteiger partial charge is 0.257 e. The number of nitrogen functional groups attached to an aromatic ring is 1. The number of hydrogen-bond acceptors (Lipinski definition) is 3. The Kier molecular flexibility index (Phi) is 4.33. The molecule has 6 heteroatoms. The van der Waals surface area contributed by atoms with Gasteiger partial charge in [0.2, 0.25) is 0 Å². The molecule has 0 aliphatic carbocycles. The zero-order valence-corrected chi connectivity index (χ0v) is 12.4. The lowest BCUT2D eigenvalue weighted by Gasteiger charge is -2.17. The number of carbonyl (C=O) groups excluding carboxylic acids is 1. The van der Waals surface area contributed by atoms with Crippen molar-refractivity contribution in [2.24, 2.45) is 0 Å². The molecule has 0 saturated carbocycles. The zero-order valence-electron chi connectivity index (χ0n) is 11.7. The SMILES string of the molecule is CN(C)c1ccc(N)cc1C(=O)Nc1ccc(Cl)cc1F. The van der Waals surface area contributed by atoms with E-state index < -0.39 is 11.7 Å². The van der Waals surface area contributed by atoms with E-state index in [0.717, 1.165) is 6.07 Å². The van der Waals surface area contributed by atoms with Crippen LogP contribution in [0.25, 0.3) is 0 Å². The summed E-state index contributed by atoms with van der Waals surface area (Å²) in [5, 5.41) is 2.79. The van der Waals surface area contributed by atoms with E-state index in [-0.39, 0.29) is 10.7 Å². The molecule has 2 aromatic carbocycles. The summed E-state index contributed by atoms with van der Waals surface area (Å²) in [6.45, 7) is 0. The first-order valence-corrected chi connectivity index (χ1v) is 6.59. The molecular weight excluding hydrogens is 293 g/mol. The summed E-state index contributed by atoms with van der Waals surface area (Å²) < 4.78 is 13.7. The van der Waals surface area contributed by atoms with Gasteiger partial charge in [0, 0.05) is 30.5 Å². The van der Waals surface area contributed by atoms with Crippen molar-refractivity contribution in [2.45, 2.75) is 0 Å². The van der Waals surface area contributed by atoms with Gasteiger partial charge in [0.15, 0.2) is 0 Å². The molecule has 2 aromatic rings. The Bertz CT molecular complexity index is 689. The average Bonchev–Trinajstić information content (AvgIpc) is 2.41. The highest BCUT2D eigenvalue weighted by Gasteiger charge is 2.15. The second-order valence-electron chi connectivity index (χ2n) is 4.75. The first kappa shape index (κ1) is 15.1. The van der Waals surface area contributed by atoms with Crippen LogP contribution in [0.1, 0.15) is 10.4 Å². The van der Waals surface area contributed by atoms with E-state index in [0.29, 0.717) is 16.9 Å². The number of carbonyl (C=O) groups is 1. The van der Waals surface area contributed by atoms with Gasteiger partial charge in [0.1, 0.15) is 5.82 Å². The Morgan fingerprint density at radius 3 is 2.57 bits per heavy atom. The number of benzene rings is 2. The molecule has 110 valence electrons. The summed E-state index contributed by atoms with van der Waals surface area (Å²) in [7, 11) is 3.62. The second kappa shape index (κ2) is 6.01. The van der Waals surface area contributed by atoms with Crippen molar-refractivity contribution >= 4 is 34.6 Å². The minimum atomic E-state index is -0.592. The molecule has 0 radical (unpaired) electrons. The molecule has 0 aliphatic rings. The summed E-state index contributed by atoms with van der Waals surface area (Å²) in [5.74, 6) is -1.03. The maximum Gasteiger partial charge on any atom is 0.257 e. The average molecular weight is 308 g/mol. The van der Waals surface area contributed by atoms with Crippen molar-refractivity contribution in [1.29, 1.82) is 0 Å². The predicted octanol–water partition coefficient (Wildman–Crippen LogP) is 3.38. The first-order chi connectivity index (χ1) is 9.88. The van der Waals surface area contributed by atoms with Crippen LogP contribution < -0.4 is 16.0 Å². The monoisotopic (exact) mass is 307 g/mol. The van der Waals surface area contributed by atoms with Crippen molar-refractivity contribution in [3.8, 4) is 0 Å². The number of rotatable bonds is 3. The second-order valence-corrected chi connectivity index (χ2v) is 5.19. The van der Waals surface area contributed by atoms with Crippen LogP contribution in [-0.4, -0.2) is 20.0 Å². The van der Waals surface area contributed by atoms with Crippen LogP contribution in [0.15, 0.2) is 36.4 Å². The third kappa shape index (κ3) is 3.44. The molecule has 0 saturated heterocycles. The third-order valence-corrected chi connectivity index (χ3v) is 3.16. The molecule has 0 spiro atoms. The summed E-state index contributed by atoms with van der Waals surface area (Å²) in [6, 6.07) is 9.06. The third-order valence-electron chi connectivity index (χ3n) is 2.93. The lowest BCUT2D eigenvalue weighted by atomic mass is 10.1. The molecule has 0 aromatic heterocycles. The van der Waals surface area contributed by atoms with Gasteiger partial charge in [-0.1, -0.05) is 11.6 Å². The minimum Gasteiger partial charge on any atom is -0.399 e. The van der Waals surface area contributed by atoms with E-state index in [1.54, 1.807) is 23.1 Å². The van der Waals surface area contributed by atoms with Crippen LogP contribution in [0.5, 0.6) is 0 Å². The Labute approximate surface area is 127 Å². The number of nitrogens with two attached hydrogens (primary N) is 1. The van der Waals surface area contributed by atoms with Crippen LogP contribution >= 0.6 is 11.6 Å². The minimum absolute atomic E-state index is 0.0662. The van der Waals surface area contributed by atoms with Crippen LogP contribution in [0.2, 0.25) is 5.02 Å². The van der Waals surface area contributed by atoms with Gasteiger partial charge in [-0.25, -0.2) is 4.39 Å². The summed E-state index contributed by atoms with van der Waals surface area (Å²) in [5.41, 5.74) is 7.31. The maximum absolute atomic E-state index is 13.7. The molecule has 0 heterocycles. The van der Waals surface area contributed by atoms with Crippen LogP contribution in [0, 0.1) is 5.82 Å². The van der Waals surface area contributed by atoms with Crippen molar-refractivity contribution in [1.82, 2.24) is 0 Å². The number of hydrogen-bond donors (Lipinski definition) is 2. The highest BCUT2D eigenvalue weighted by atomic mass is 35.5. The van der Waals surface area contributed by atoms with Crippen LogP contribution in [0.4, 0.5) is 21.5 Å². The molecule has 0 atom stereocenters. The van der Waals surface area contributed by atoms with Gasteiger partial charge in [-0.05, 0) is 36.4 Å². The number of nitrogens with zero attached hydrogens (tertiary/aromatic N) is 1. The van der Waals surface area contributed by atoms with Gasteiger partial charge in [0.05, 0.1) is 11.3 Å². The standard InChI is InChI=1S/C15H15ClFN3O/c1-20(2)14-6-4-10(18)8-11(14)15(21)19-13-5-3-9(16)7-12(13)17/h3-8H,18H2,1-2H3,(H,19,21). The Hall–Kier alpha value is -2.27. The zero-order chi connectivity index (χ0) is 15.6. The Balaban J connectivity index is 2.34. The summed E-state index contributed by atoms with van der Waals surface area (Å²) in [6.07, 6.45) is 0. The molecule has 0 bridgehead atoms. The highest BCUT2D eigenvalue weighted by Crippen LogP contribution is 2.24. The predicted molar refractivity (Wildman–Crippen MR) is 84.5 cm³/mol. The molecule has 21 heavy (non-hydrogen) atoms. The normalized spacial score (nSPS) is 10.3. The lowest BCUT2D eigenvalue weighted by Crippen LogP contribution is -2.19. The van der Waals surface area contributed by atoms with E-state index in [2.05, 4.69) is 5.32 Å².